The third-order valence-corrected chi connectivity index (χ3v) is 4.55. The van der Waals surface area contributed by atoms with E-state index in [1.54, 1.807) is 0 Å². The van der Waals surface area contributed by atoms with Gasteiger partial charge in [-0.05, 0) is 26.7 Å². The zero-order valence-electron chi connectivity index (χ0n) is 14.8. The summed E-state index contributed by atoms with van der Waals surface area (Å²) in [7, 11) is 0. The molecule has 0 bridgehead atoms. The number of aromatic nitrogens is 7. The van der Waals surface area contributed by atoms with Crippen LogP contribution in [-0.2, 0) is 26.1 Å². The minimum absolute atomic E-state index is 0.380. The van der Waals surface area contributed by atoms with Gasteiger partial charge in [-0.15, -0.1) is 10.2 Å². The van der Waals surface area contributed by atoms with Gasteiger partial charge in [0.15, 0.2) is 5.82 Å². The minimum atomic E-state index is 0.380. The van der Waals surface area contributed by atoms with Crippen molar-refractivity contribution in [3.63, 3.8) is 0 Å². The molecule has 1 aliphatic heterocycles. The Morgan fingerprint density at radius 1 is 1.12 bits per heavy atom. The summed E-state index contributed by atoms with van der Waals surface area (Å²) < 4.78 is 6.11. The van der Waals surface area contributed by atoms with E-state index in [2.05, 4.69) is 50.3 Å². The van der Waals surface area contributed by atoms with Gasteiger partial charge in [0.05, 0.1) is 18.1 Å². The van der Waals surface area contributed by atoms with E-state index >= 15 is 0 Å². The zero-order chi connectivity index (χ0) is 17.2. The van der Waals surface area contributed by atoms with Gasteiger partial charge in [-0.3, -0.25) is 9.36 Å². The molecule has 0 fully saturated rings. The number of hydrogen-bond donors (Lipinski definition) is 1. The largest absolute Gasteiger partial charge is 0.378 e. The summed E-state index contributed by atoms with van der Waals surface area (Å²) in [5.74, 6) is 2.09. The fourth-order valence-corrected chi connectivity index (χ4v) is 3.13. The highest BCUT2D eigenvalue weighted by Gasteiger charge is 2.16. The predicted molar refractivity (Wildman–Crippen MR) is 94.2 cm³/mol. The zero-order valence-corrected chi connectivity index (χ0v) is 14.8. The van der Waals surface area contributed by atoms with Crippen LogP contribution in [0.25, 0.3) is 0 Å². The second-order valence-corrected chi connectivity index (χ2v) is 6.84. The maximum Gasteiger partial charge on any atom is 0.154 e. The molecule has 4 heterocycles. The summed E-state index contributed by atoms with van der Waals surface area (Å²) in [6, 6.07) is 0.380. The van der Waals surface area contributed by atoms with E-state index in [0.717, 1.165) is 42.4 Å². The molecule has 0 radical (unpaired) electrons. The third kappa shape index (κ3) is 3.42. The molecule has 0 saturated heterocycles. The van der Waals surface area contributed by atoms with Crippen molar-refractivity contribution < 1.29 is 0 Å². The molecule has 0 unspecified atom stereocenters. The first-order chi connectivity index (χ1) is 12.2. The molecule has 25 heavy (non-hydrogen) atoms. The fourth-order valence-electron chi connectivity index (χ4n) is 3.13. The topological polar surface area (TPSA) is 78.4 Å². The lowest BCUT2D eigenvalue weighted by Gasteiger charge is -2.14. The van der Waals surface area contributed by atoms with Gasteiger partial charge >= 0.3 is 0 Å². The van der Waals surface area contributed by atoms with E-state index in [4.69, 9.17) is 0 Å². The van der Waals surface area contributed by atoms with Gasteiger partial charge in [-0.2, -0.15) is 10.2 Å². The number of anilines is 1. The second kappa shape index (κ2) is 6.70. The number of nitrogens with one attached hydrogen (secondary N) is 1. The van der Waals surface area contributed by atoms with E-state index < -0.39 is 0 Å². The van der Waals surface area contributed by atoms with Crippen LogP contribution in [0.1, 0.15) is 49.9 Å². The normalized spacial score (nSPS) is 14.0. The molecule has 8 heteroatoms. The Morgan fingerprint density at radius 2 is 2.04 bits per heavy atom. The molecule has 3 aromatic heterocycles. The van der Waals surface area contributed by atoms with Gasteiger partial charge in [-0.1, -0.05) is 0 Å². The van der Waals surface area contributed by atoms with Crippen LogP contribution in [0.3, 0.4) is 0 Å². The summed E-state index contributed by atoms with van der Waals surface area (Å²) >= 11 is 0. The Labute approximate surface area is 146 Å². The standard InChI is InChI=1S/C17H24N8/c1-13(2)25-10-14(8-20-25)7-18-15-9-19-23(11-15)12-17-22-21-16-5-3-4-6-24(16)17/h8-11,13,18H,3-7,12H2,1-2H3. The van der Waals surface area contributed by atoms with Crippen molar-refractivity contribution in [2.24, 2.45) is 0 Å². The number of hydrogen-bond acceptors (Lipinski definition) is 5. The van der Waals surface area contributed by atoms with Gasteiger partial charge < -0.3 is 9.88 Å². The smallest absolute Gasteiger partial charge is 0.154 e. The Hall–Kier alpha value is -2.64. The number of fused-ring (bicyclic) bond motifs is 1. The first kappa shape index (κ1) is 15.9. The van der Waals surface area contributed by atoms with E-state index in [-0.39, 0.29) is 0 Å². The molecule has 0 saturated carbocycles. The predicted octanol–water partition coefficient (Wildman–Crippen LogP) is 2.25. The molecule has 1 aliphatic rings. The summed E-state index contributed by atoms with van der Waals surface area (Å²) in [5, 5.41) is 20.8. The monoisotopic (exact) mass is 340 g/mol. The number of aryl methyl sites for hydroxylation is 1. The Balaban J connectivity index is 1.38. The molecule has 0 amide bonds. The van der Waals surface area contributed by atoms with Gasteiger partial charge in [0.25, 0.3) is 0 Å². The lowest BCUT2D eigenvalue weighted by molar-refractivity contribution is 0.496. The van der Waals surface area contributed by atoms with Crippen molar-refractivity contribution >= 4 is 5.69 Å². The summed E-state index contributed by atoms with van der Waals surface area (Å²) in [6.07, 6.45) is 11.3. The van der Waals surface area contributed by atoms with Crippen molar-refractivity contribution in [1.82, 2.24) is 34.3 Å². The highest BCUT2D eigenvalue weighted by molar-refractivity contribution is 5.38. The van der Waals surface area contributed by atoms with Crippen molar-refractivity contribution in [2.45, 2.75) is 58.8 Å². The first-order valence-corrected chi connectivity index (χ1v) is 8.89. The summed E-state index contributed by atoms with van der Waals surface area (Å²) in [5.41, 5.74) is 2.16. The molecule has 3 aromatic rings. The van der Waals surface area contributed by atoms with Crippen molar-refractivity contribution in [1.29, 1.82) is 0 Å². The summed E-state index contributed by atoms with van der Waals surface area (Å²) in [6.45, 7) is 6.65. The molecule has 132 valence electrons. The fraction of sp³-hybridized carbons (Fsp3) is 0.529. The van der Waals surface area contributed by atoms with Crippen LogP contribution in [0, 0.1) is 0 Å². The third-order valence-electron chi connectivity index (χ3n) is 4.55. The average Bonchev–Trinajstić information content (AvgIpc) is 3.33. The molecule has 1 N–H and O–H groups in total. The van der Waals surface area contributed by atoms with Crippen LogP contribution < -0.4 is 5.32 Å². The van der Waals surface area contributed by atoms with E-state index in [1.807, 2.05) is 28.0 Å². The van der Waals surface area contributed by atoms with Gasteiger partial charge in [0.1, 0.15) is 12.4 Å². The van der Waals surface area contributed by atoms with Crippen LogP contribution in [-0.4, -0.2) is 34.3 Å². The minimum Gasteiger partial charge on any atom is -0.378 e. The molecular formula is C17H24N8. The van der Waals surface area contributed by atoms with E-state index in [9.17, 15) is 0 Å². The Kier molecular flexibility index (Phi) is 4.25. The van der Waals surface area contributed by atoms with Crippen LogP contribution in [0.5, 0.6) is 0 Å². The van der Waals surface area contributed by atoms with Crippen LogP contribution >= 0.6 is 0 Å². The van der Waals surface area contributed by atoms with Crippen LogP contribution in [0.4, 0.5) is 5.69 Å². The van der Waals surface area contributed by atoms with E-state index in [1.165, 1.54) is 12.8 Å². The molecule has 0 aliphatic carbocycles. The number of rotatable bonds is 6. The van der Waals surface area contributed by atoms with Crippen molar-refractivity contribution in [3.05, 3.63) is 42.0 Å². The summed E-state index contributed by atoms with van der Waals surface area (Å²) in [4.78, 5) is 0. The highest BCUT2D eigenvalue weighted by atomic mass is 15.3. The van der Waals surface area contributed by atoms with Crippen LogP contribution in [0.15, 0.2) is 24.8 Å². The van der Waals surface area contributed by atoms with Crippen LogP contribution in [0.2, 0.25) is 0 Å². The van der Waals surface area contributed by atoms with Gasteiger partial charge in [0.2, 0.25) is 0 Å². The van der Waals surface area contributed by atoms with E-state index in [0.29, 0.717) is 12.6 Å². The van der Waals surface area contributed by atoms with Gasteiger partial charge in [0, 0.05) is 43.5 Å². The highest BCUT2D eigenvalue weighted by Crippen LogP contribution is 2.16. The Bertz CT molecular complexity index is 841. The molecule has 0 aromatic carbocycles. The molecule has 4 rings (SSSR count). The lowest BCUT2D eigenvalue weighted by Crippen LogP contribution is -2.15. The molecule has 8 nitrogen and oxygen atoms in total. The maximum absolute atomic E-state index is 4.44. The second-order valence-electron chi connectivity index (χ2n) is 6.84. The molecular weight excluding hydrogens is 316 g/mol. The SMILES string of the molecule is CC(C)n1cc(CNc2cnn(Cc3nnc4n3CCCC4)c2)cn1. The number of nitrogens with zero attached hydrogens (tertiary/aromatic N) is 7. The molecule has 0 spiro atoms. The lowest BCUT2D eigenvalue weighted by atomic mass is 10.2. The quantitative estimate of drug-likeness (QED) is 0.744. The van der Waals surface area contributed by atoms with Crippen molar-refractivity contribution in [3.8, 4) is 0 Å². The van der Waals surface area contributed by atoms with Gasteiger partial charge in [-0.25, -0.2) is 0 Å². The first-order valence-electron chi connectivity index (χ1n) is 8.89. The van der Waals surface area contributed by atoms with Crippen molar-refractivity contribution in [2.75, 3.05) is 5.32 Å². The average molecular weight is 340 g/mol. The maximum atomic E-state index is 4.44. The Morgan fingerprint density at radius 3 is 2.88 bits per heavy atom. The molecule has 0 atom stereocenters.